The molecule has 0 unspecified atom stereocenters. The Morgan fingerprint density at radius 2 is 2.11 bits per heavy atom. The SMILES string of the molecule is O=C(Nc1cccc(-c2nnnn2C2CC2)c1)[C@@H]1Cc2cc(Cl)ccc2O1. The Labute approximate surface area is 160 Å². The van der Waals surface area contributed by atoms with Crippen LogP contribution in [-0.2, 0) is 11.2 Å². The topological polar surface area (TPSA) is 81.9 Å². The van der Waals surface area contributed by atoms with Gasteiger partial charge in [0.2, 0.25) is 0 Å². The lowest BCUT2D eigenvalue weighted by molar-refractivity contribution is -0.122. The first-order chi connectivity index (χ1) is 13.2. The number of halogens is 1. The van der Waals surface area contributed by atoms with E-state index < -0.39 is 6.10 Å². The summed E-state index contributed by atoms with van der Waals surface area (Å²) in [5, 5.41) is 15.6. The second-order valence-electron chi connectivity index (χ2n) is 6.81. The third-order valence-electron chi connectivity index (χ3n) is 4.76. The van der Waals surface area contributed by atoms with Crippen LogP contribution in [0.2, 0.25) is 5.02 Å². The minimum Gasteiger partial charge on any atom is -0.480 e. The number of amides is 1. The Kier molecular flexibility index (Phi) is 3.82. The molecule has 27 heavy (non-hydrogen) atoms. The molecule has 136 valence electrons. The van der Waals surface area contributed by atoms with Crippen molar-refractivity contribution in [3.63, 3.8) is 0 Å². The van der Waals surface area contributed by atoms with E-state index in [1.165, 1.54) is 0 Å². The fourth-order valence-electron chi connectivity index (χ4n) is 3.27. The number of hydrogen-bond acceptors (Lipinski definition) is 5. The van der Waals surface area contributed by atoms with Gasteiger partial charge in [-0.3, -0.25) is 4.79 Å². The number of benzene rings is 2. The zero-order chi connectivity index (χ0) is 18.4. The summed E-state index contributed by atoms with van der Waals surface area (Å²) in [5.41, 5.74) is 2.49. The van der Waals surface area contributed by atoms with E-state index in [1.807, 2.05) is 35.0 Å². The largest absolute Gasteiger partial charge is 0.480 e. The summed E-state index contributed by atoms with van der Waals surface area (Å²) in [6.45, 7) is 0. The van der Waals surface area contributed by atoms with Crippen molar-refractivity contribution < 1.29 is 9.53 Å². The fourth-order valence-corrected chi connectivity index (χ4v) is 3.47. The number of hydrogen-bond donors (Lipinski definition) is 1. The van der Waals surface area contributed by atoms with Gasteiger partial charge >= 0.3 is 0 Å². The van der Waals surface area contributed by atoms with Crippen molar-refractivity contribution in [3.8, 4) is 17.1 Å². The second kappa shape index (κ2) is 6.35. The molecule has 1 aliphatic heterocycles. The van der Waals surface area contributed by atoms with Crippen LogP contribution in [0.3, 0.4) is 0 Å². The third-order valence-corrected chi connectivity index (χ3v) is 5.00. The average Bonchev–Trinajstić information content (AvgIpc) is 3.23. The maximum Gasteiger partial charge on any atom is 0.265 e. The molecule has 1 fully saturated rings. The Balaban J connectivity index is 1.33. The highest BCUT2D eigenvalue weighted by Gasteiger charge is 2.30. The molecule has 2 heterocycles. The zero-order valence-electron chi connectivity index (χ0n) is 14.3. The van der Waals surface area contributed by atoms with E-state index in [4.69, 9.17) is 16.3 Å². The molecule has 2 aliphatic rings. The predicted molar refractivity (Wildman–Crippen MR) is 99.7 cm³/mol. The molecule has 1 aliphatic carbocycles. The fraction of sp³-hybridized carbons (Fsp3) is 0.263. The molecule has 5 rings (SSSR count). The lowest BCUT2D eigenvalue weighted by Crippen LogP contribution is -2.31. The maximum absolute atomic E-state index is 12.6. The van der Waals surface area contributed by atoms with Crippen molar-refractivity contribution in [1.82, 2.24) is 20.2 Å². The number of ether oxygens (including phenoxy) is 1. The van der Waals surface area contributed by atoms with Gasteiger partial charge in [0, 0.05) is 22.7 Å². The van der Waals surface area contributed by atoms with E-state index in [-0.39, 0.29) is 5.91 Å². The highest BCUT2D eigenvalue weighted by atomic mass is 35.5. The van der Waals surface area contributed by atoms with Crippen LogP contribution in [0.5, 0.6) is 5.75 Å². The Hall–Kier alpha value is -2.93. The van der Waals surface area contributed by atoms with Crippen LogP contribution < -0.4 is 10.1 Å². The molecule has 8 heteroatoms. The first-order valence-corrected chi connectivity index (χ1v) is 9.19. The van der Waals surface area contributed by atoms with Crippen LogP contribution in [0.4, 0.5) is 5.69 Å². The van der Waals surface area contributed by atoms with Crippen molar-refractivity contribution in [2.45, 2.75) is 31.4 Å². The van der Waals surface area contributed by atoms with Gasteiger partial charge in [0.25, 0.3) is 5.91 Å². The molecule has 1 atom stereocenters. The number of rotatable bonds is 4. The van der Waals surface area contributed by atoms with Crippen molar-refractivity contribution in [1.29, 1.82) is 0 Å². The highest BCUT2D eigenvalue weighted by Crippen LogP contribution is 2.37. The molecule has 0 saturated heterocycles. The maximum atomic E-state index is 12.6. The molecule has 1 amide bonds. The summed E-state index contributed by atoms with van der Waals surface area (Å²) in [7, 11) is 0. The van der Waals surface area contributed by atoms with Gasteiger partial charge in [-0.2, -0.15) is 0 Å². The van der Waals surface area contributed by atoms with Crippen molar-refractivity contribution >= 4 is 23.2 Å². The number of fused-ring (bicyclic) bond motifs is 1. The van der Waals surface area contributed by atoms with Crippen LogP contribution in [0.1, 0.15) is 24.4 Å². The molecule has 1 saturated carbocycles. The van der Waals surface area contributed by atoms with Gasteiger partial charge in [0.05, 0.1) is 6.04 Å². The van der Waals surface area contributed by atoms with E-state index >= 15 is 0 Å². The number of carbonyl (C=O) groups is 1. The van der Waals surface area contributed by atoms with Crippen molar-refractivity contribution in [3.05, 3.63) is 53.1 Å². The number of nitrogens with one attached hydrogen (secondary N) is 1. The molecule has 3 aromatic rings. The molecule has 0 radical (unpaired) electrons. The smallest absolute Gasteiger partial charge is 0.265 e. The molecule has 7 nitrogen and oxygen atoms in total. The highest BCUT2D eigenvalue weighted by molar-refractivity contribution is 6.30. The van der Waals surface area contributed by atoms with E-state index in [2.05, 4.69) is 20.8 Å². The Morgan fingerprint density at radius 3 is 2.96 bits per heavy atom. The van der Waals surface area contributed by atoms with Crippen LogP contribution >= 0.6 is 11.6 Å². The van der Waals surface area contributed by atoms with Crippen LogP contribution in [0.25, 0.3) is 11.4 Å². The van der Waals surface area contributed by atoms with Gasteiger partial charge in [-0.1, -0.05) is 23.7 Å². The van der Waals surface area contributed by atoms with Gasteiger partial charge in [-0.15, -0.1) is 5.10 Å². The lowest BCUT2D eigenvalue weighted by Gasteiger charge is -2.12. The number of anilines is 1. The molecule has 0 spiro atoms. The normalized spacial score (nSPS) is 18.0. The van der Waals surface area contributed by atoms with Gasteiger partial charge in [0.1, 0.15) is 5.75 Å². The summed E-state index contributed by atoms with van der Waals surface area (Å²) in [4.78, 5) is 12.6. The molecular formula is C19H16ClN5O2. The Bertz CT molecular complexity index is 1030. The summed E-state index contributed by atoms with van der Waals surface area (Å²) < 4.78 is 7.60. The molecular weight excluding hydrogens is 366 g/mol. The summed E-state index contributed by atoms with van der Waals surface area (Å²) in [6.07, 6.45) is 2.12. The lowest BCUT2D eigenvalue weighted by atomic mass is 10.1. The first-order valence-electron chi connectivity index (χ1n) is 8.81. The van der Waals surface area contributed by atoms with Gasteiger partial charge < -0.3 is 10.1 Å². The van der Waals surface area contributed by atoms with Crippen LogP contribution in [0.15, 0.2) is 42.5 Å². The predicted octanol–water partition coefficient (Wildman–Crippen LogP) is 3.27. The number of aromatic nitrogens is 4. The monoisotopic (exact) mass is 381 g/mol. The minimum atomic E-state index is -0.570. The first kappa shape index (κ1) is 16.3. The summed E-state index contributed by atoms with van der Waals surface area (Å²) in [6, 6.07) is 13.3. The molecule has 1 N–H and O–H groups in total. The van der Waals surface area contributed by atoms with Gasteiger partial charge in [0.15, 0.2) is 11.9 Å². The number of tetrazole rings is 1. The van der Waals surface area contributed by atoms with Crippen molar-refractivity contribution in [2.75, 3.05) is 5.32 Å². The van der Waals surface area contributed by atoms with Gasteiger partial charge in [-0.05, 0) is 59.2 Å². The van der Waals surface area contributed by atoms with Crippen LogP contribution in [-0.4, -0.2) is 32.2 Å². The average molecular weight is 382 g/mol. The summed E-state index contributed by atoms with van der Waals surface area (Å²) in [5.74, 6) is 1.23. The number of nitrogens with zero attached hydrogens (tertiary/aromatic N) is 4. The van der Waals surface area contributed by atoms with E-state index in [0.717, 1.165) is 24.0 Å². The molecule has 1 aromatic heterocycles. The number of carbonyl (C=O) groups excluding carboxylic acids is 1. The van der Waals surface area contributed by atoms with Gasteiger partial charge in [-0.25, -0.2) is 4.68 Å². The third kappa shape index (κ3) is 3.14. The van der Waals surface area contributed by atoms with E-state index in [9.17, 15) is 4.79 Å². The van der Waals surface area contributed by atoms with Crippen LogP contribution in [0, 0.1) is 0 Å². The minimum absolute atomic E-state index is 0.193. The van der Waals surface area contributed by atoms with Crippen molar-refractivity contribution in [2.24, 2.45) is 0 Å². The zero-order valence-corrected chi connectivity index (χ0v) is 15.1. The second-order valence-corrected chi connectivity index (χ2v) is 7.25. The summed E-state index contributed by atoms with van der Waals surface area (Å²) >= 11 is 6.01. The van der Waals surface area contributed by atoms with E-state index in [1.54, 1.807) is 12.1 Å². The Morgan fingerprint density at radius 1 is 1.22 bits per heavy atom. The standard InChI is InChI=1S/C19H16ClN5O2/c20-13-4-7-16-12(8-13)10-17(27-16)19(26)21-14-3-1-2-11(9-14)18-22-23-24-25(18)15-5-6-15/h1-4,7-9,15,17H,5-6,10H2,(H,21,26)/t17-/m0/s1. The van der Waals surface area contributed by atoms with E-state index in [0.29, 0.717) is 34.7 Å². The quantitative estimate of drug-likeness (QED) is 0.750. The molecule has 2 aromatic carbocycles. The molecule has 0 bridgehead atoms.